The molecule has 1 aliphatic rings. The van der Waals surface area contributed by atoms with Gasteiger partial charge in [-0.05, 0) is 48.9 Å². The Balaban J connectivity index is 2.12. The summed E-state index contributed by atoms with van der Waals surface area (Å²) < 4.78 is 16.4. The molecule has 4 nitrogen and oxygen atoms in total. The number of hydrogen-bond donors (Lipinski definition) is 0. The van der Waals surface area contributed by atoms with Crippen LogP contribution in [-0.2, 0) is 6.42 Å². The Labute approximate surface area is 118 Å². The number of ether oxygens (including phenoxy) is 2. The lowest BCUT2D eigenvalue weighted by Gasteiger charge is -2.33. The van der Waals surface area contributed by atoms with Gasteiger partial charge in [-0.15, -0.1) is 0 Å². The van der Waals surface area contributed by atoms with Crippen molar-refractivity contribution in [2.24, 2.45) is 0 Å². The van der Waals surface area contributed by atoms with Gasteiger partial charge < -0.3 is 13.9 Å². The van der Waals surface area contributed by atoms with Crippen molar-refractivity contribution in [2.45, 2.75) is 12.5 Å². The Morgan fingerprint density at radius 1 is 1.20 bits per heavy atom. The standard InChI is InChI=1S/C16H19NO3/c1-17-7-6-11-9-14(18-2)15(19-3)10-12(11)16(17)13-5-4-8-20-13/h4-5,8-10,16H,6-7H2,1-3H3/t16-/m1/s1. The molecule has 1 aromatic carbocycles. The van der Waals surface area contributed by atoms with E-state index in [4.69, 9.17) is 13.9 Å². The third-order valence-electron chi connectivity index (χ3n) is 3.93. The number of benzene rings is 1. The van der Waals surface area contributed by atoms with E-state index in [-0.39, 0.29) is 6.04 Å². The van der Waals surface area contributed by atoms with Crippen molar-refractivity contribution in [3.8, 4) is 11.5 Å². The Bertz CT molecular complexity index is 592. The Morgan fingerprint density at radius 2 is 1.95 bits per heavy atom. The quantitative estimate of drug-likeness (QED) is 0.861. The first kappa shape index (κ1) is 13.1. The van der Waals surface area contributed by atoms with Crippen molar-refractivity contribution in [1.29, 1.82) is 0 Å². The van der Waals surface area contributed by atoms with E-state index in [9.17, 15) is 0 Å². The molecule has 0 spiro atoms. The Hall–Kier alpha value is -1.94. The number of likely N-dealkylation sites (N-methyl/N-ethyl adjacent to an activating group) is 1. The van der Waals surface area contributed by atoms with Crippen LogP contribution >= 0.6 is 0 Å². The van der Waals surface area contributed by atoms with E-state index >= 15 is 0 Å². The molecule has 2 aromatic rings. The van der Waals surface area contributed by atoms with Crippen LogP contribution < -0.4 is 9.47 Å². The van der Waals surface area contributed by atoms with Gasteiger partial charge in [0.1, 0.15) is 5.76 Å². The van der Waals surface area contributed by atoms with Crippen molar-refractivity contribution in [1.82, 2.24) is 4.90 Å². The maximum Gasteiger partial charge on any atom is 0.161 e. The molecule has 0 saturated heterocycles. The fourth-order valence-electron chi connectivity index (χ4n) is 2.89. The largest absolute Gasteiger partial charge is 0.493 e. The van der Waals surface area contributed by atoms with Crippen molar-refractivity contribution in [3.63, 3.8) is 0 Å². The zero-order chi connectivity index (χ0) is 14.1. The molecule has 0 fully saturated rings. The Kier molecular flexibility index (Phi) is 3.40. The SMILES string of the molecule is COc1cc2c(cc1OC)[C@H](c1ccco1)N(C)CC2. The highest BCUT2D eigenvalue weighted by Crippen LogP contribution is 2.40. The maximum atomic E-state index is 5.62. The predicted molar refractivity (Wildman–Crippen MR) is 76.4 cm³/mol. The summed E-state index contributed by atoms with van der Waals surface area (Å²) in [7, 11) is 5.45. The summed E-state index contributed by atoms with van der Waals surface area (Å²) in [5.41, 5.74) is 2.52. The highest BCUT2D eigenvalue weighted by molar-refractivity contribution is 5.50. The van der Waals surface area contributed by atoms with Crippen LogP contribution in [0.3, 0.4) is 0 Å². The topological polar surface area (TPSA) is 34.8 Å². The number of methoxy groups -OCH3 is 2. The molecule has 0 unspecified atom stereocenters. The summed E-state index contributed by atoms with van der Waals surface area (Å²) in [6.45, 7) is 0.994. The van der Waals surface area contributed by atoms with Crippen molar-refractivity contribution in [3.05, 3.63) is 47.4 Å². The van der Waals surface area contributed by atoms with Gasteiger partial charge in [-0.3, -0.25) is 4.90 Å². The second kappa shape index (κ2) is 5.21. The molecular formula is C16H19NO3. The van der Waals surface area contributed by atoms with Gasteiger partial charge in [0.25, 0.3) is 0 Å². The minimum Gasteiger partial charge on any atom is -0.493 e. The number of furan rings is 1. The smallest absolute Gasteiger partial charge is 0.161 e. The molecule has 0 saturated carbocycles. The molecule has 4 heteroatoms. The number of hydrogen-bond acceptors (Lipinski definition) is 4. The van der Waals surface area contributed by atoms with E-state index in [1.807, 2.05) is 12.1 Å². The highest BCUT2D eigenvalue weighted by Gasteiger charge is 2.29. The van der Waals surface area contributed by atoms with Gasteiger partial charge in [0.05, 0.1) is 26.5 Å². The zero-order valence-electron chi connectivity index (χ0n) is 12.1. The zero-order valence-corrected chi connectivity index (χ0v) is 12.1. The Morgan fingerprint density at radius 3 is 2.60 bits per heavy atom. The summed E-state index contributed by atoms with van der Waals surface area (Å²) in [5, 5.41) is 0. The summed E-state index contributed by atoms with van der Waals surface area (Å²) in [6, 6.07) is 8.23. The molecule has 0 aliphatic carbocycles. The molecule has 1 atom stereocenters. The summed E-state index contributed by atoms with van der Waals surface area (Å²) >= 11 is 0. The maximum absolute atomic E-state index is 5.62. The van der Waals surface area contributed by atoms with Crippen molar-refractivity contribution in [2.75, 3.05) is 27.8 Å². The van der Waals surface area contributed by atoms with Gasteiger partial charge in [-0.25, -0.2) is 0 Å². The first-order valence-corrected chi connectivity index (χ1v) is 6.73. The third kappa shape index (κ3) is 2.06. The van der Waals surface area contributed by atoms with Gasteiger partial charge in [-0.1, -0.05) is 0 Å². The van der Waals surface area contributed by atoms with E-state index in [0.29, 0.717) is 0 Å². The van der Waals surface area contributed by atoms with Crippen LogP contribution in [0.5, 0.6) is 11.5 Å². The summed E-state index contributed by atoms with van der Waals surface area (Å²) in [4.78, 5) is 2.30. The van der Waals surface area contributed by atoms with E-state index in [2.05, 4.69) is 24.1 Å². The van der Waals surface area contributed by atoms with Gasteiger partial charge in [0.15, 0.2) is 11.5 Å². The minimum atomic E-state index is 0.133. The molecule has 0 N–H and O–H groups in total. The number of nitrogens with zero attached hydrogens (tertiary/aromatic N) is 1. The number of rotatable bonds is 3. The normalized spacial score (nSPS) is 18.6. The van der Waals surface area contributed by atoms with Crippen LogP contribution in [0.1, 0.15) is 22.9 Å². The average Bonchev–Trinajstić information content (AvgIpc) is 2.99. The molecule has 0 radical (unpaired) electrons. The molecule has 1 aromatic heterocycles. The van der Waals surface area contributed by atoms with Crippen LogP contribution in [0.2, 0.25) is 0 Å². The molecule has 0 bridgehead atoms. The van der Waals surface area contributed by atoms with E-state index < -0.39 is 0 Å². The molecule has 3 rings (SSSR count). The second-order valence-corrected chi connectivity index (χ2v) is 5.05. The molecule has 20 heavy (non-hydrogen) atoms. The minimum absolute atomic E-state index is 0.133. The summed E-state index contributed by atoms with van der Waals surface area (Å²) in [6.07, 6.45) is 2.72. The third-order valence-corrected chi connectivity index (χ3v) is 3.93. The van der Waals surface area contributed by atoms with Crippen LogP contribution in [0.25, 0.3) is 0 Å². The van der Waals surface area contributed by atoms with Crippen molar-refractivity contribution >= 4 is 0 Å². The average molecular weight is 273 g/mol. The fourth-order valence-corrected chi connectivity index (χ4v) is 2.89. The van der Waals surface area contributed by atoms with Crippen LogP contribution in [0, 0.1) is 0 Å². The lowest BCUT2D eigenvalue weighted by molar-refractivity contribution is 0.234. The van der Waals surface area contributed by atoms with Gasteiger partial charge in [-0.2, -0.15) is 0 Å². The van der Waals surface area contributed by atoms with Gasteiger partial charge in [0, 0.05) is 6.54 Å². The molecule has 2 heterocycles. The fraction of sp³-hybridized carbons (Fsp3) is 0.375. The lowest BCUT2D eigenvalue weighted by atomic mass is 9.91. The van der Waals surface area contributed by atoms with Gasteiger partial charge >= 0.3 is 0 Å². The summed E-state index contributed by atoms with van der Waals surface area (Å²) in [5.74, 6) is 2.51. The van der Waals surface area contributed by atoms with Crippen LogP contribution in [0.15, 0.2) is 34.9 Å². The molecule has 1 aliphatic heterocycles. The van der Waals surface area contributed by atoms with Crippen molar-refractivity contribution < 1.29 is 13.9 Å². The molecular weight excluding hydrogens is 254 g/mol. The second-order valence-electron chi connectivity index (χ2n) is 5.05. The number of fused-ring (bicyclic) bond motifs is 1. The van der Waals surface area contributed by atoms with E-state index in [1.54, 1.807) is 20.5 Å². The lowest BCUT2D eigenvalue weighted by Crippen LogP contribution is -2.32. The van der Waals surface area contributed by atoms with Crippen LogP contribution in [0.4, 0.5) is 0 Å². The highest BCUT2D eigenvalue weighted by atomic mass is 16.5. The van der Waals surface area contributed by atoms with Crippen LogP contribution in [-0.4, -0.2) is 32.7 Å². The van der Waals surface area contributed by atoms with Gasteiger partial charge in [0.2, 0.25) is 0 Å². The molecule has 106 valence electrons. The van der Waals surface area contributed by atoms with E-state index in [1.165, 1.54) is 11.1 Å². The first-order valence-electron chi connectivity index (χ1n) is 6.73. The first-order chi connectivity index (χ1) is 9.74. The monoisotopic (exact) mass is 273 g/mol. The van der Waals surface area contributed by atoms with E-state index in [0.717, 1.165) is 30.2 Å². The molecule has 0 amide bonds. The predicted octanol–water partition coefficient (Wildman–Crippen LogP) is 2.87.